The van der Waals surface area contributed by atoms with Gasteiger partial charge < -0.3 is 10.2 Å². The van der Waals surface area contributed by atoms with E-state index in [1.54, 1.807) is 0 Å². The Labute approximate surface area is 119 Å². The lowest BCUT2D eigenvalue weighted by atomic mass is 9.89. The molecule has 0 amide bonds. The molecule has 3 rings (SSSR count). The van der Waals surface area contributed by atoms with Crippen molar-refractivity contribution in [2.45, 2.75) is 43.9 Å². The first-order valence-electron chi connectivity index (χ1n) is 7.25. The first kappa shape index (κ1) is 13.6. The summed E-state index contributed by atoms with van der Waals surface area (Å²) >= 11 is 0. The second kappa shape index (κ2) is 4.86. The van der Waals surface area contributed by atoms with Crippen LogP contribution in [-0.4, -0.2) is 39.7 Å². The van der Waals surface area contributed by atoms with Crippen LogP contribution in [-0.2, 0) is 10.4 Å². The summed E-state index contributed by atoms with van der Waals surface area (Å²) < 4.78 is 0. The zero-order valence-electron chi connectivity index (χ0n) is 11.7. The predicted octanol–water partition coefficient (Wildman–Crippen LogP) is 1.83. The second-order valence-corrected chi connectivity index (χ2v) is 6.29. The Morgan fingerprint density at radius 1 is 1.35 bits per heavy atom. The minimum absolute atomic E-state index is 0.0905. The number of rotatable bonds is 4. The maximum atomic E-state index is 11.3. The number of carboxylic acids is 1. The first-order valence-corrected chi connectivity index (χ1v) is 7.25. The SMILES string of the molecule is CC(O)(CN1C2CCC1C(C(=O)O)C2)c1ccccc1. The zero-order valence-corrected chi connectivity index (χ0v) is 11.7. The summed E-state index contributed by atoms with van der Waals surface area (Å²) in [7, 11) is 0. The van der Waals surface area contributed by atoms with Crippen LogP contribution in [0.15, 0.2) is 30.3 Å². The highest BCUT2D eigenvalue weighted by Gasteiger charge is 2.50. The molecule has 4 unspecified atom stereocenters. The lowest BCUT2D eigenvalue weighted by molar-refractivity contribution is -0.142. The number of carboxylic acid groups (broad SMARTS) is 1. The van der Waals surface area contributed by atoms with Gasteiger partial charge in [-0.05, 0) is 31.7 Å². The summed E-state index contributed by atoms with van der Waals surface area (Å²) in [6.07, 6.45) is 2.72. The Balaban J connectivity index is 1.77. The van der Waals surface area contributed by atoms with Gasteiger partial charge in [0, 0.05) is 18.6 Å². The van der Waals surface area contributed by atoms with Crippen molar-refractivity contribution in [2.75, 3.05) is 6.54 Å². The van der Waals surface area contributed by atoms with E-state index in [0.29, 0.717) is 12.6 Å². The lowest BCUT2D eigenvalue weighted by Gasteiger charge is -2.32. The molecule has 4 heteroatoms. The molecular weight excluding hydrogens is 254 g/mol. The van der Waals surface area contributed by atoms with Crippen LogP contribution in [0.3, 0.4) is 0 Å². The number of nitrogens with zero attached hydrogens (tertiary/aromatic N) is 1. The molecule has 2 heterocycles. The van der Waals surface area contributed by atoms with E-state index in [-0.39, 0.29) is 12.0 Å². The van der Waals surface area contributed by atoms with Crippen molar-refractivity contribution in [3.8, 4) is 0 Å². The number of carbonyl (C=O) groups is 1. The van der Waals surface area contributed by atoms with Crippen LogP contribution >= 0.6 is 0 Å². The molecule has 0 aromatic heterocycles. The normalized spacial score (nSPS) is 32.2. The largest absolute Gasteiger partial charge is 0.481 e. The van der Waals surface area contributed by atoms with Crippen molar-refractivity contribution in [1.82, 2.24) is 4.90 Å². The van der Waals surface area contributed by atoms with E-state index in [1.807, 2.05) is 37.3 Å². The molecule has 0 spiro atoms. The van der Waals surface area contributed by atoms with Crippen LogP contribution in [0.25, 0.3) is 0 Å². The number of benzene rings is 1. The van der Waals surface area contributed by atoms with E-state index in [0.717, 1.165) is 24.8 Å². The van der Waals surface area contributed by atoms with Gasteiger partial charge in [0.25, 0.3) is 0 Å². The van der Waals surface area contributed by atoms with Gasteiger partial charge in [-0.3, -0.25) is 9.69 Å². The molecule has 2 aliphatic heterocycles. The summed E-state index contributed by atoms with van der Waals surface area (Å²) in [6, 6.07) is 10.0. The Kier molecular flexibility index (Phi) is 3.30. The molecule has 2 aliphatic rings. The van der Waals surface area contributed by atoms with Gasteiger partial charge >= 0.3 is 5.97 Å². The molecular formula is C16H21NO3. The molecule has 0 saturated carbocycles. The Hall–Kier alpha value is -1.39. The van der Waals surface area contributed by atoms with E-state index >= 15 is 0 Å². The Morgan fingerprint density at radius 3 is 2.65 bits per heavy atom. The average Bonchev–Trinajstić information content (AvgIpc) is 2.96. The molecule has 2 saturated heterocycles. The third kappa shape index (κ3) is 2.23. The predicted molar refractivity (Wildman–Crippen MR) is 75.3 cm³/mol. The van der Waals surface area contributed by atoms with Crippen LogP contribution < -0.4 is 0 Å². The van der Waals surface area contributed by atoms with E-state index in [4.69, 9.17) is 0 Å². The maximum absolute atomic E-state index is 11.3. The van der Waals surface area contributed by atoms with Gasteiger partial charge in [-0.15, -0.1) is 0 Å². The summed E-state index contributed by atoms with van der Waals surface area (Å²) in [4.78, 5) is 13.5. The molecule has 4 nitrogen and oxygen atoms in total. The summed E-state index contributed by atoms with van der Waals surface area (Å²) in [6.45, 7) is 2.33. The fraction of sp³-hybridized carbons (Fsp3) is 0.562. The number of hydrogen-bond acceptors (Lipinski definition) is 3. The number of hydrogen-bond donors (Lipinski definition) is 2. The van der Waals surface area contributed by atoms with Gasteiger partial charge in [0.1, 0.15) is 0 Å². The van der Waals surface area contributed by atoms with Crippen molar-refractivity contribution >= 4 is 5.97 Å². The minimum Gasteiger partial charge on any atom is -0.481 e. The summed E-state index contributed by atoms with van der Waals surface area (Å²) in [5, 5.41) is 20.0. The van der Waals surface area contributed by atoms with Gasteiger partial charge in [-0.25, -0.2) is 0 Å². The van der Waals surface area contributed by atoms with Gasteiger partial charge in [0.15, 0.2) is 0 Å². The molecule has 2 fully saturated rings. The summed E-state index contributed by atoms with van der Waals surface area (Å²) in [5.41, 5.74) is -0.0478. The van der Waals surface area contributed by atoms with Crippen molar-refractivity contribution in [3.05, 3.63) is 35.9 Å². The van der Waals surface area contributed by atoms with Gasteiger partial charge in [-0.1, -0.05) is 30.3 Å². The zero-order chi connectivity index (χ0) is 14.3. The molecule has 108 valence electrons. The fourth-order valence-corrected chi connectivity index (χ4v) is 3.86. The number of aliphatic hydroxyl groups is 1. The van der Waals surface area contributed by atoms with Crippen LogP contribution in [0.2, 0.25) is 0 Å². The molecule has 1 aromatic rings. The highest BCUT2D eigenvalue weighted by molar-refractivity contribution is 5.71. The molecule has 0 radical (unpaired) electrons. The third-order valence-electron chi connectivity index (χ3n) is 4.88. The van der Waals surface area contributed by atoms with E-state index in [1.165, 1.54) is 0 Å². The minimum atomic E-state index is -0.935. The molecule has 4 atom stereocenters. The van der Waals surface area contributed by atoms with E-state index in [2.05, 4.69) is 4.90 Å². The summed E-state index contributed by atoms with van der Waals surface area (Å²) in [5.74, 6) is -0.957. The third-order valence-corrected chi connectivity index (χ3v) is 4.88. The van der Waals surface area contributed by atoms with Gasteiger partial charge in [0.05, 0.1) is 11.5 Å². The van der Waals surface area contributed by atoms with Gasteiger partial charge in [-0.2, -0.15) is 0 Å². The van der Waals surface area contributed by atoms with E-state index < -0.39 is 11.6 Å². The molecule has 20 heavy (non-hydrogen) atoms. The van der Waals surface area contributed by atoms with Crippen LogP contribution in [0.5, 0.6) is 0 Å². The monoisotopic (exact) mass is 275 g/mol. The Morgan fingerprint density at radius 2 is 2.05 bits per heavy atom. The average molecular weight is 275 g/mol. The van der Waals surface area contributed by atoms with Crippen LogP contribution in [0.1, 0.15) is 31.7 Å². The Bertz CT molecular complexity index is 500. The number of aliphatic carboxylic acids is 1. The number of fused-ring (bicyclic) bond motifs is 2. The first-order chi connectivity index (χ1) is 9.49. The van der Waals surface area contributed by atoms with Gasteiger partial charge in [0.2, 0.25) is 0 Å². The smallest absolute Gasteiger partial charge is 0.308 e. The molecule has 2 bridgehead atoms. The highest BCUT2D eigenvalue weighted by atomic mass is 16.4. The van der Waals surface area contributed by atoms with Crippen molar-refractivity contribution in [2.24, 2.45) is 5.92 Å². The van der Waals surface area contributed by atoms with Crippen molar-refractivity contribution < 1.29 is 15.0 Å². The molecule has 2 N–H and O–H groups in total. The van der Waals surface area contributed by atoms with Crippen molar-refractivity contribution in [3.63, 3.8) is 0 Å². The second-order valence-electron chi connectivity index (χ2n) is 6.29. The van der Waals surface area contributed by atoms with Crippen molar-refractivity contribution in [1.29, 1.82) is 0 Å². The van der Waals surface area contributed by atoms with Crippen LogP contribution in [0, 0.1) is 5.92 Å². The van der Waals surface area contributed by atoms with E-state index in [9.17, 15) is 15.0 Å². The van der Waals surface area contributed by atoms with Crippen LogP contribution in [0.4, 0.5) is 0 Å². The molecule has 0 aliphatic carbocycles. The molecule has 1 aromatic carbocycles. The maximum Gasteiger partial charge on any atom is 0.308 e. The lowest BCUT2D eigenvalue weighted by Crippen LogP contribution is -2.42. The topological polar surface area (TPSA) is 60.8 Å². The fourth-order valence-electron chi connectivity index (χ4n) is 3.86. The quantitative estimate of drug-likeness (QED) is 0.880. The highest BCUT2D eigenvalue weighted by Crippen LogP contribution is 2.43. The standard InChI is InChI=1S/C16H21NO3/c1-16(20,11-5-3-2-4-6-11)10-17-12-7-8-14(17)13(9-12)15(18)19/h2-6,12-14,20H,7-10H2,1H3,(H,18,19).